The normalized spacial score (nSPS) is 24.1. The summed E-state index contributed by atoms with van der Waals surface area (Å²) >= 11 is 0. The van der Waals surface area contributed by atoms with Gasteiger partial charge in [0.1, 0.15) is 0 Å². The average molecular weight is 443 g/mol. The largest absolute Gasteiger partial charge is 0.203 e. The van der Waals surface area contributed by atoms with Crippen molar-refractivity contribution >= 4 is 5.57 Å². The van der Waals surface area contributed by atoms with E-state index in [1.807, 2.05) is 6.92 Å². The highest BCUT2D eigenvalue weighted by molar-refractivity contribution is 5.67. The Balaban J connectivity index is 1.41. The van der Waals surface area contributed by atoms with Crippen LogP contribution in [0, 0.1) is 29.4 Å². The Morgan fingerprint density at radius 3 is 2.38 bits per heavy atom. The smallest absolute Gasteiger partial charge is 0.166 e. The van der Waals surface area contributed by atoms with Gasteiger partial charge < -0.3 is 0 Å². The van der Waals surface area contributed by atoms with Crippen molar-refractivity contribution in [3.05, 3.63) is 53.1 Å². The summed E-state index contributed by atoms with van der Waals surface area (Å²) < 4.78 is 29.0. The lowest BCUT2D eigenvalue weighted by atomic mass is 9.70. The van der Waals surface area contributed by atoms with Gasteiger partial charge in [0.15, 0.2) is 11.6 Å². The summed E-state index contributed by atoms with van der Waals surface area (Å²) in [6, 6.07) is 3.59. The number of allylic oxidation sites excluding steroid dienone is 4. The highest BCUT2D eigenvalue weighted by atomic mass is 19.2. The van der Waals surface area contributed by atoms with Crippen LogP contribution >= 0.6 is 0 Å². The molecule has 3 rings (SSSR count). The lowest BCUT2D eigenvalue weighted by Crippen LogP contribution is -2.23. The second-order valence-corrected chi connectivity index (χ2v) is 10.3. The molecule has 0 amide bonds. The Morgan fingerprint density at radius 1 is 0.906 bits per heavy atom. The summed E-state index contributed by atoms with van der Waals surface area (Å²) in [5.41, 5.74) is 2.02. The van der Waals surface area contributed by atoms with Crippen molar-refractivity contribution in [2.75, 3.05) is 0 Å². The van der Waals surface area contributed by atoms with E-state index < -0.39 is 11.6 Å². The fourth-order valence-electron chi connectivity index (χ4n) is 5.99. The van der Waals surface area contributed by atoms with Gasteiger partial charge in [-0.25, -0.2) is 8.78 Å². The number of unbranched alkanes of at least 4 members (excludes halogenated alkanes) is 4. The molecule has 1 unspecified atom stereocenters. The van der Waals surface area contributed by atoms with E-state index in [2.05, 4.69) is 25.2 Å². The van der Waals surface area contributed by atoms with Crippen molar-refractivity contribution in [2.45, 2.75) is 110 Å². The number of halogens is 2. The molecular formula is C30H44F2. The molecule has 2 heteroatoms. The van der Waals surface area contributed by atoms with Gasteiger partial charge in [0.25, 0.3) is 0 Å². The van der Waals surface area contributed by atoms with E-state index >= 15 is 0 Å². The number of rotatable bonds is 11. The van der Waals surface area contributed by atoms with Gasteiger partial charge in [0, 0.05) is 5.56 Å². The van der Waals surface area contributed by atoms with Gasteiger partial charge in [0.05, 0.1) is 0 Å². The third kappa shape index (κ3) is 7.03. The number of hydrogen-bond acceptors (Lipinski definition) is 0. The van der Waals surface area contributed by atoms with Gasteiger partial charge >= 0.3 is 0 Å². The molecule has 0 radical (unpaired) electrons. The molecule has 0 saturated heterocycles. The standard InChI is InChI=1S/C30H44F2/c1-3-5-6-7-8-9-10-12-23-13-15-24(16-14-23)25-17-19-26(20-18-25)28-22-21-27(11-4-2)29(31)30(28)32/h3,5,19,21-25H,4,6-18,20H2,1-2H3. The molecule has 1 aromatic carbocycles. The second-order valence-electron chi connectivity index (χ2n) is 10.3. The molecule has 1 saturated carbocycles. The molecule has 0 N–H and O–H groups in total. The maximum Gasteiger partial charge on any atom is 0.166 e. The van der Waals surface area contributed by atoms with Gasteiger partial charge in [0.2, 0.25) is 0 Å². The van der Waals surface area contributed by atoms with E-state index in [4.69, 9.17) is 0 Å². The van der Waals surface area contributed by atoms with Crippen LogP contribution in [0.4, 0.5) is 8.78 Å². The van der Waals surface area contributed by atoms with Crippen LogP contribution in [0.2, 0.25) is 0 Å². The topological polar surface area (TPSA) is 0 Å². The van der Waals surface area contributed by atoms with Crippen LogP contribution in [0.5, 0.6) is 0 Å². The Bertz CT molecular complexity index is 752. The van der Waals surface area contributed by atoms with E-state index in [-0.39, 0.29) is 0 Å². The monoisotopic (exact) mass is 442 g/mol. The fourth-order valence-corrected chi connectivity index (χ4v) is 5.99. The third-order valence-electron chi connectivity index (χ3n) is 8.01. The van der Waals surface area contributed by atoms with Crippen LogP contribution in [0.25, 0.3) is 5.57 Å². The Kier molecular flexibility index (Phi) is 10.5. The molecule has 0 aromatic heterocycles. The first kappa shape index (κ1) is 25.2. The third-order valence-corrected chi connectivity index (χ3v) is 8.01. The van der Waals surface area contributed by atoms with Gasteiger partial charge in [-0.1, -0.05) is 82.2 Å². The number of aryl methyl sites for hydroxylation is 1. The summed E-state index contributed by atoms with van der Waals surface area (Å²) in [5, 5.41) is 0. The van der Waals surface area contributed by atoms with Crippen LogP contribution < -0.4 is 0 Å². The molecule has 0 aliphatic heterocycles. The number of hydrogen-bond donors (Lipinski definition) is 0. The Labute approximate surface area is 195 Å². The molecule has 1 aromatic rings. The van der Waals surface area contributed by atoms with E-state index in [1.165, 1.54) is 64.2 Å². The van der Waals surface area contributed by atoms with Crippen molar-refractivity contribution < 1.29 is 8.78 Å². The lowest BCUT2D eigenvalue weighted by molar-refractivity contribution is 0.187. The molecule has 2 aliphatic rings. The molecule has 2 aliphatic carbocycles. The zero-order valence-corrected chi connectivity index (χ0v) is 20.5. The SMILES string of the molecule is CC=CCCCCCCC1CCC(C2CC=C(c3ccc(CCC)c(F)c3F)CC2)CC1. The zero-order valence-electron chi connectivity index (χ0n) is 20.5. The first-order valence-electron chi connectivity index (χ1n) is 13.4. The van der Waals surface area contributed by atoms with Gasteiger partial charge in [-0.15, -0.1) is 0 Å². The summed E-state index contributed by atoms with van der Waals surface area (Å²) in [7, 11) is 0. The fraction of sp³-hybridized carbons (Fsp3) is 0.667. The average Bonchev–Trinajstić information content (AvgIpc) is 2.82. The molecule has 0 heterocycles. The molecular weight excluding hydrogens is 398 g/mol. The molecule has 1 atom stereocenters. The minimum absolute atomic E-state index is 0.496. The van der Waals surface area contributed by atoms with E-state index in [9.17, 15) is 8.78 Å². The highest BCUT2D eigenvalue weighted by Crippen LogP contribution is 2.42. The summed E-state index contributed by atoms with van der Waals surface area (Å²) in [4.78, 5) is 0. The van der Waals surface area contributed by atoms with Gasteiger partial charge in [-0.05, 0) is 87.2 Å². The van der Waals surface area contributed by atoms with Crippen molar-refractivity contribution in [1.82, 2.24) is 0 Å². The molecule has 178 valence electrons. The van der Waals surface area contributed by atoms with Crippen molar-refractivity contribution in [2.24, 2.45) is 17.8 Å². The molecule has 0 bridgehead atoms. The molecule has 1 fully saturated rings. The maximum absolute atomic E-state index is 14.7. The predicted octanol–water partition coefficient (Wildman–Crippen LogP) is 9.82. The number of benzene rings is 1. The predicted molar refractivity (Wildman–Crippen MR) is 134 cm³/mol. The van der Waals surface area contributed by atoms with Gasteiger partial charge in [-0.2, -0.15) is 0 Å². The zero-order chi connectivity index (χ0) is 22.8. The van der Waals surface area contributed by atoms with Crippen LogP contribution in [0.3, 0.4) is 0 Å². The van der Waals surface area contributed by atoms with Crippen molar-refractivity contribution in [3.63, 3.8) is 0 Å². The lowest BCUT2D eigenvalue weighted by Gasteiger charge is -2.35. The highest BCUT2D eigenvalue weighted by Gasteiger charge is 2.29. The van der Waals surface area contributed by atoms with Crippen LogP contribution in [0.15, 0.2) is 30.4 Å². The second kappa shape index (κ2) is 13.3. The maximum atomic E-state index is 14.7. The van der Waals surface area contributed by atoms with Crippen LogP contribution in [-0.4, -0.2) is 0 Å². The molecule has 0 spiro atoms. The van der Waals surface area contributed by atoms with Crippen LogP contribution in [0.1, 0.15) is 115 Å². The summed E-state index contributed by atoms with van der Waals surface area (Å²) in [6.45, 7) is 4.10. The minimum atomic E-state index is -0.636. The summed E-state index contributed by atoms with van der Waals surface area (Å²) in [5.74, 6) is 1.23. The first-order chi connectivity index (χ1) is 15.6. The van der Waals surface area contributed by atoms with Gasteiger partial charge in [-0.3, -0.25) is 0 Å². The first-order valence-corrected chi connectivity index (χ1v) is 13.4. The summed E-state index contributed by atoms with van der Waals surface area (Å²) in [6.07, 6.45) is 24.9. The quantitative estimate of drug-likeness (QED) is 0.236. The molecule has 0 nitrogen and oxygen atoms in total. The molecule has 32 heavy (non-hydrogen) atoms. The van der Waals surface area contributed by atoms with E-state index in [1.54, 1.807) is 12.1 Å². The minimum Gasteiger partial charge on any atom is -0.203 e. The Morgan fingerprint density at radius 2 is 1.69 bits per heavy atom. The Hall–Kier alpha value is -1.44. The van der Waals surface area contributed by atoms with E-state index in [0.29, 0.717) is 17.5 Å². The van der Waals surface area contributed by atoms with E-state index in [0.717, 1.165) is 49.0 Å². The van der Waals surface area contributed by atoms with Crippen molar-refractivity contribution in [1.29, 1.82) is 0 Å². The van der Waals surface area contributed by atoms with Crippen LogP contribution in [-0.2, 0) is 6.42 Å². The van der Waals surface area contributed by atoms with Crippen molar-refractivity contribution in [3.8, 4) is 0 Å².